The highest BCUT2D eigenvalue weighted by Crippen LogP contribution is 2.16. The standard InChI is InChI=1S/C57H105NO7/c1-6-8-10-12-14-16-18-20-22-24-26-27-28-29-30-32-33-35-37-39-41-43-45-47-55(59)64-52-53(51-63-50-49-54(57(61)62)58(3,4)5)65-56(60)48-46-44-42-40-38-36-34-31-25-23-21-19-17-15-13-11-9-7-2/h17,19,23-26,53-54H,6-16,18,20-22,27-52H2,1-5H3/p+1/b19-17-,25-23-,26-24-. The number of likely N-dealkylation sites (N-methyl/N-ethyl adjacent to an activating group) is 1. The lowest BCUT2D eigenvalue weighted by molar-refractivity contribution is -0.887. The molecular formula is C57H106NO7+. The van der Waals surface area contributed by atoms with Crippen molar-refractivity contribution in [2.24, 2.45) is 0 Å². The van der Waals surface area contributed by atoms with E-state index in [4.69, 9.17) is 14.2 Å². The number of carboxylic acid groups (broad SMARTS) is 1. The second-order valence-electron chi connectivity index (χ2n) is 19.8. The molecule has 0 aliphatic carbocycles. The third-order valence-electron chi connectivity index (χ3n) is 12.5. The van der Waals surface area contributed by atoms with Crippen molar-refractivity contribution in [3.63, 3.8) is 0 Å². The number of ether oxygens (including phenoxy) is 3. The van der Waals surface area contributed by atoms with E-state index in [1.165, 1.54) is 173 Å². The number of unbranched alkanes of at least 4 members (excludes halogenated alkanes) is 30. The Morgan fingerprint density at radius 1 is 0.462 bits per heavy atom. The predicted molar refractivity (Wildman–Crippen MR) is 275 cm³/mol. The molecule has 0 bridgehead atoms. The number of quaternary nitrogens is 1. The minimum atomic E-state index is -0.874. The van der Waals surface area contributed by atoms with Gasteiger partial charge in [0.15, 0.2) is 12.1 Å². The number of carbonyl (C=O) groups excluding carboxylic acids is 2. The van der Waals surface area contributed by atoms with E-state index in [0.717, 1.165) is 51.4 Å². The number of carboxylic acids is 1. The predicted octanol–water partition coefficient (Wildman–Crippen LogP) is 16.1. The van der Waals surface area contributed by atoms with Crippen molar-refractivity contribution in [1.82, 2.24) is 0 Å². The molecule has 65 heavy (non-hydrogen) atoms. The number of nitrogens with zero attached hydrogens (tertiary/aromatic N) is 1. The summed E-state index contributed by atoms with van der Waals surface area (Å²) in [5.41, 5.74) is 0. The molecule has 0 aromatic carbocycles. The normalized spacial score (nSPS) is 13.1. The van der Waals surface area contributed by atoms with Gasteiger partial charge < -0.3 is 23.8 Å². The topological polar surface area (TPSA) is 99.1 Å². The molecule has 0 heterocycles. The van der Waals surface area contributed by atoms with E-state index in [1.807, 2.05) is 21.1 Å². The van der Waals surface area contributed by atoms with Gasteiger partial charge in [-0.05, 0) is 70.6 Å². The van der Waals surface area contributed by atoms with Gasteiger partial charge in [-0.15, -0.1) is 0 Å². The van der Waals surface area contributed by atoms with Crippen LogP contribution < -0.4 is 0 Å². The van der Waals surface area contributed by atoms with Crippen molar-refractivity contribution >= 4 is 17.9 Å². The lowest BCUT2D eigenvalue weighted by Crippen LogP contribution is -2.50. The fraction of sp³-hybridized carbons (Fsp3) is 0.842. The third-order valence-corrected chi connectivity index (χ3v) is 12.5. The third kappa shape index (κ3) is 46.4. The van der Waals surface area contributed by atoms with E-state index in [1.54, 1.807) is 0 Å². The SMILES string of the molecule is CCCCCC/C=C\C/C=C\CCCCCCCCCC(=O)OC(COCCC(C(=O)O)[N+](C)(C)C)COC(=O)CCCCCCCCCCCCC/C=C\CCCCCCCCCC. The Morgan fingerprint density at radius 3 is 1.22 bits per heavy atom. The molecule has 0 rings (SSSR count). The van der Waals surface area contributed by atoms with E-state index in [0.29, 0.717) is 19.3 Å². The van der Waals surface area contributed by atoms with Crippen LogP contribution in [0.4, 0.5) is 0 Å². The molecule has 0 saturated heterocycles. The average Bonchev–Trinajstić information content (AvgIpc) is 3.27. The van der Waals surface area contributed by atoms with Crippen LogP contribution in [-0.4, -0.2) is 80.6 Å². The fourth-order valence-corrected chi connectivity index (χ4v) is 8.24. The lowest BCUT2D eigenvalue weighted by atomic mass is 10.0. The molecule has 380 valence electrons. The first kappa shape index (κ1) is 62.5. The molecule has 0 amide bonds. The summed E-state index contributed by atoms with van der Waals surface area (Å²) in [6.07, 6.45) is 57.7. The Kier molecular flexibility index (Phi) is 46.2. The summed E-state index contributed by atoms with van der Waals surface area (Å²) in [6, 6.07) is -0.616. The number of allylic oxidation sites excluding steroid dienone is 6. The van der Waals surface area contributed by atoms with Gasteiger partial charge in [-0.3, -0.25) is 9.59 Å². The number of rotatable bonds is 50. The highest BCUT2D eigenvalue weighted by Gasteiger charge is 2.31. The first-order chi connectivity index (χ1) is 31.6. The first-order valence-corrected chi connectivity index (χ1v) is 27.5. The van der Waals surface area contributed by atoms with Crippen LogP contribution in [0.15, 0.2) is 36.5 Å². The van der Waals surface area contributed by atoms with Crippen LogP contribution in [0, 0.1) is 0 Å². The van der Waals surface area contributed by atoms with Crippen molar-refractivity contribution < 1.29 is 38.2 Å². The molecule has 8 heteroatoms. The van der Waals surface area contributed by atoms with Crippen LogP contribution >= 0.6 is 0 Å². The molecule has 8 nitrogen and oxygen atoms in total. The zero-order valence-corrected chi connectivity index (χ0v) is 43.5. The van der Waals surface area contributed by atoms with Crippen LogP contribution in [0.1, 0.15) is 258 Å². The second-order valence-corrected chi connectivity index (χ2v) is 19.8. The summed E-state index contributed by atoms with van der Waals surface area (Å²) in [6.45, 7) is 4.75. The van der Waals surface area contributed by atoms with Crippen molar-refractivity contribution in [3.05, 3.63) is 36.5 Å². The molecule has 0 aliphatic rings. The summed E-state index contributed by atoms with van der Waals surface area (Å²) >= 11 is 0. The smallest absolute Gasteiger partial charge is 0.362 e. The van der Waals surface area contributed by atoms with Crippen molar-refractivity contribution in [1.29, 1.82) is 0 Å². The van der Waals surface area contributed by atoms with E-state index in [9.17, 15) is 19.5 Å². The maximum Gasteiger partial charge on any atom is 0.362 e. The van der Waals surface area contributed by atoms with Crippen LogP contribution in [-0.2, 0) is 28.6 Å². The molecule has 0 aromatic rings. The maximum absolute atomic E-state index is 12.8. The number of aliphatic carboxylic acids is 1. The molecule has 0 fully saturated rings. The highest BCUT2D eigenvalue weighted by molar-refractivity contribution is 5.72. The summed E-state index contributed by atoms with van der Waals surface area (Å²) in [5.74, 6) is -1.46. The average molecular weight is 917 g/mol. The summed E-state index contributed by atoms with van der Waals surface area (Å²) in [4.78, 5) is 37.2. The molecule has 1 N–H and O–H groups in total. The molecule has 2 atom stereocenters. The van der Waals surface area contributed by atoms with Gasteiger partial charge in [-0.2, -0.15) is 0 Å². The Bertz CT molecular complexity index is 1160. The molecular weight excluding hydrogens is 811 g/mol. The van der Waals surface area contributed by atoms with Crippen LogP contribution in [0.25, 0.3) is 0 Å². The van der Waals surface area contributed by atoms with Crippen LogP contribution in [0.2, 0.25) is 0 Å². The molecule has 0 aromatic heterocycles. The zero-order valence-electron chi connectivity index (χ0n) is 43.5. The van der Waals surface area contributed by atoms with Crippen molar-refractivity contribution in [3.8, 4) is 0 Å². The largest absolute Gasteiger partial charge is 0.477 e. The fourth-order valence-electron chi connectivity index (χ4n) is 8.24. The van der Waals surface area contributed by atoms with Crippen LogP contribution in [0.5, 0.6) is 0 Å². The van der Waals surface area contributed by atoms with E-state index >= 15 is 0 Å². The summed E-state index contributed by atoms with van der Waals surface area (Å²) < 4.78 is 17.4. The molecule has 0 spiro atoms. The van der Waals surface area contributed by atoms with Gasteiger partial charge in [-0.1, -0.05) is 204 Å². The number of hydrogen-bond acceptors (Lipinski definition) is 6. The number of carbonyl (C=O) groups is 3. The van der Waals surface area contributed by atoms with E-state index in [2.05, 4.69) is 50.3 Å². The molecule has 0 saturated carbocycles. The Labute approximate surface area is 402 Å². The van der Waals surface area contributed by atoms with Gasteiger partial charge in [0.05, 0.1) is 34.4 Å². The zero-order chi connectivity index (χ0) is 47.7. The molecule has 0 aliphatic heterocycles. The molecule has 0 radical (unpaired) electrons. The first-order valence-electron chi connectivity index (χ1n) is 27.5. The van der Waals surface area contributed by atoms with Crippen molar-refractivity contribution in [2.45, 2.75) is 270 Å². The van der Waals surface area contributed by atoms with Gasteiger partial charge in [0.2, 0.25) is 0 Å². The quantitative estimate of drug-likeness (QED) is 0.0281. The minimum absolute atomic E-state index is 0.0522. The van der Waals surface area contributed by atoms with Gasteiger partial charge >= 0.3 is 17.9 Å². The van der Waals surface area contributed by atoms with E-state index in [-0.39, 0.29) is 36.2 Å². The second kappa shape index (κ2) is 48.0. The van der Waals surface area contributed by atoms with Gasteiger partial charge in [-0.25, -0.2) is 4.79 Å². The lowest BCUT2D eigenvalue weighted by Gasteiger charge is -2.31. The number of esters is 2. The van der Waals surface area contributed by atoms with Gasteiger partial charge in [0, 0.05) is 19.3 Å². The van der Waals surface area contributed by atoms with Gasteiger partial charge in [0.1, 0.15) is 6.61 Å². The number of hydrogen-bond donors (Lipinski definition) is 1. The minimum Gasteiger partial charge on any atom is -0.477 e. The maximum atomic E-state index is 12.8. The highest BCUT2D eigenvalue weighted by atomic mass is 16.6. The Morgan fingerprint density at radius 2 is 0.815 bits per heavy atom. The Balaban J connectivity index is 4.18. The van der Waals surface area contributed by atoms with E-state index < -0.39 is 18.1 Å². The summed E-state index contributed by atoms with van der Waals surface area (Å²) in [7, 11) is 5.54. The Hall–Kier alpha value is -2.45. The van der Waals surface area contributed by atoms with Gasteiger partial charge in [0.25, 0.3) is 0 Å². The van der Waals surface area contributed by atoms with Crippen molar-refractivity contribution in [2.75, 3.05) is 41.0 Å². The monoisotopic (exact) mass is 917 g/mol. The summed E-state index contributed by atoms with van der Waals surface area (Å²) in [5, 5.41) is 9.66. The molecule has 2 unspecified atom stereocenters. The van der Waals surface area contributed by atoms with Crippen LogP contribution in [0.3, 0.4) is 0 Å².